The standard InChI is InChI=1S/C16H31N3O3/c1-4-14-13-19(10-9-18(14)11-12-21-2)15(20)16(22-3)5-7-17-8-6-16/h14,17H,4-13H2,1-3H3. The van der Waals surface area contributed by atoms with Crippen LogP contribution in [0.1, 0.15) is 26.2 Å². The zero-order valence-electron chi connectivity index (χ0n) is 14.3. The lowest BCUT2D eigenvalue weighted by atomic mass is 9.90. The molecule has 0 aromatic rings. The molecule has 6 nitrogen and oxygen atoms in total. The summed E-state index contributed by atoms with van der Waals surface area (Å²) in [4.78, 5) is 17.5. The second-order valence-corrected chi connectivity index (χ2v) is 6.29. The fourth-order valence-corrected chi connectivity index (χ4v) is 3.59. The summed E-state index contributed by atoms with van der Waals surface area (Å²) in [7, 11) is 3.41. The van der Waals surface area contributed by atoms with Gasteiger partial charge in [0.1, 0.15) is 5.60 Å². The van der Waals surface area contributed by atoms with E-state index < -0.39 is 5.60 Å². The van der Waals surface area contributed by atoms with Crippen molar-refractivity contribution < 1.29 is 14.3 Å². The van der Waals surface area contributed by atoms with Gasteiger partial charge >= 0.3 is 0 Å². The number of nitrogens with one attached hydrogen (secondary N) is 1. The molecule has 2 aliphatic heterocycles. The SMILES string of the molecule is CCC1CN(C(=O)C2(OC)CCNCC2)CCN1CCOC. The summed E-state index contributed by atoms with van der Waals surface area (Å²) in [5.74, 6) is 0.182. The minimum absolute atomic E-state index is 0.182. The molecule has 2 saturated heterocycles. The summed E-state index contributed by atoms with van der Waals surface area (Å²) < 4.78 is 10.9. The van der Waals surface area contributed by atoms with Gasteiger partial charge in [-0.3, -0.25) is 9.69 Å². The van der Waals surface area contributed by atoms with Gasteiger partial charge in [0.15, 0.2) is 0 Å². The van der Waals surface area contributed by atoms with E-state index in [2.05, 4.69) is 17.1 Å². The van der Waals surface area contributed by atoms with Crippen LogP contribution in [0.5, 0.6) is 0 Å². The Balaban J connectivity index is 1.99. The molecule has 2 aliphatic rings. The molecule has 0 bridgehead atoms. The monoisotopic (exact) mass is 313 g/mol. The number of carbonyl (C=O) groups excluding carboxylic acids is 1. The van der Waals surface area contributed by atoms with Crippen molar-refractivity contribution in [3.8, 4) is 0 Å². The van der Waals surface area contributed by atoms with Crippen LogP contribution < -0.4 is 5.32 Å². The first-order valence-electron chi connectivity index (χ1n) is 8.45. The summed E-state index contributed by atoms with van der Waals surface area (Å²) in [6, 6.07) is 0.420. The summed E-state index contributed by atoms with van der Waals surface area (Å²) in [6.45, 7) is 8.10. The number of hydrogen-bond donors (Lipinski definition) is 1. The average molecular weight is 313 g/mol. The summed E-state index contributed by atoms with van der Waals surface area (Å²) in [5.41, 5.74) is -0.613. The molecular formula is C16H31N3O3. The van der Waals surface area contributed by atoms with Gasteiger partial charge in [0.25, 0.3) is 5.91 Å². The van der Waals surface area contributed by atoms with Crippen molar-refractivity contribution in [1.82, 2.24) is 15.1 Å². The van der Waals surface area contributed by atoms with Gasteiger partial charge in [0.05, 0.1) is 6.61 Å². The van der Waals surface area contributed by atoms with Gasteiger partial charge in [-0.1, -0.05) is 6.92 Å². The minimum Gasteiger partial charge on any atom is -0.383 e. The van der Waals surface area contributed by atoms with E-state index in [1.165, 1.54) is 0 Å². The summed E-state index contributed by atoms with van der Waals surface area (Å²) in [6.07, 6.45) is 2.58. The average Bonchev–Trinajstić information content (AvgIpc) is 2.59. The van der Waals surface area contributed by atoms with Crippen LogP contribution in [0.3, 0.4) is 0 Å². The number of ether oxygens (including phenoxy) is 2. The molecule has 1 atom stereocenters. The minimum atomic E-state index is -0.613. The number of piperidine rings is 1. The van der Waals surface area contributed by atoms with E-state index in [1.54, 1.807) is 14.2 Å². The van der Waals surface area contributed by atoms with Gasteiger partial charge in [-0.25, -0.2) is 0 Å². The fraction of sp³-hybridized carbons (Fsp3) is 0.938. The maximum Gasteiger partial charge on any atom is 0.255 e. The Hall–Kier alpha value is -0.690. The Morgan fingerprint density at radius 1 is 1.27 bits per heavy atom. The lowest BCUT2D eigenvalue weighted by molar-refractivity contribution is -0.161. The van der Waals surface area contributed by atoms with E-state index in [0.29, 0.717) is 6.04 Å². The van der Waals surface area contributed by atoms with Gasteiger partial charge in [-0.2, -0.15) is 0 Å². The number of amides is 1. The van der Waals surface area contributed by atoms with Crippen molar-refractivity contribution in [1.29, 1.82) is 0 Å². The third-order valence-corrected chi connectivity index (χ3v) is 5.14. The number of methoxy groups -OCH3 is 2. The van der Waals surface area contributed by atoms with Crippen LogP contribution in [0.15, 0.2) is 0 Å². The quantitative estimate of drug-likeness (QED) is 0.766. The molecule has 0 aromatic heterocycles. The molecule has 1 unspecified atom stereocenters. The first-order valence-corrected chi connectivity index (χ1v) is 8.45. The number of hydrogen-bond acceptors (Lipinski definition) is 5. The summed E-state index contributed by atoms with van der Waals surface area (Å²) in [5, 5.41) is 3.31. The van der Waals surface area contributed by atoms with Crippen molar-refractivity contribution >= 4 is 5.91 Å². The molecule has 0 spiro atoms. The van der Waals surface area contributed by atoms with Gasteiger partial charge in [-0.15, -0.1) is 0 Å². The van der Waals surface area contributed by atoms with E-state index in [9.17, 15) is 4.79 Å². The second-order valence-electron chi connectivity index (χ2n) is 6.29. The molecular weight excluding hydrogens is 282 g/mol. The maximum absolute atomic E-state index is 13.0. The maximum atomic E-state index is 13.0. The Kier molecular flexibility index (Phi) is 6.62. The van der Waals surface area contributed by atoms with Gasteiger partial charge in [0, 0.05) is 46.4 Å². The molecule has 1 amide bonds. The Morgan fingerprint density at radius 2 is 2.00 bits per heavy atom. The summed E-state index contributed by atoms with van der Waals surface area (Å²) >= 11 is 0. The Bertz CT molecular complexity index is 359. The second kappa shape index (κ2) is 8.24. The highest BCUT2D eigenvalue weighted by Gasteiger charge is 2.43. The van der Waals surface area contributed by atoms with E-state index in [-0.39, 0.29) is 5.91 Å². The number of nitrogens with zero attached hydrogens (tertiary/aromatic N) is 2. The van der Waals surface area contributed by atoms with Gasteiger partial charge in [0.2, 0.25) is 0 Å². The highest BCUT2D eigenvalue weighted by molar-refractivity contribution is 5.85. The molecule has 0 aromatic carbocycles. The van der Waals surface area contributed by atoms with Crippen molar-refractivity contribution in [2.75, 3.05) is 60.1 Å². The Morgan fingerprint density at radius 3 is 2.59 bits per heavy atom. The van der Waals surface area contributed by atoms with Gasteiger partial charge in [-0.05, 0) is 32.4 Å². The number of carbonyl (C=O) groups is 1. The number of piperazine rings is 1. The third-order valence-electron chi connectivity index (χ3n) is 5.14. The predicted octanol–water partition coefficient (Wildman–Crippen LogP) is 0.324. The van der Waals surface area contributed by atoms with E-state index in [0.717, 1.165) is 65.1 Å². The van der Waals surface area contributed by atoms with Crippen LogP contribution in [-0.2, 0) is 14.3 Å². The molecule has 22 heavy (non-hydrogen) atoms. The topological polar surface area (TPSA) is 54.0 Å². The first kappa shape index (κ1) is 17.7. The molecule has 0 saturated carbocycles. The van der Waals surface area contributed by atoms with Crippen LogP contribution >= 0.6 is 0 Å². The molecule has 1 N–H and O–H groups in total. The first-order chi connectivity index (χ1) is 10.7. The molecule has 128 valence electrons. The van der Waals surface area contributed by atoms with Gasteiger partial charge < -0.3 is 19.7 Å². The molecule has 2 fully saturated rings. The molecule has 0 radical (unpaired) electrons. The van der Waals surface area contributed by atoms with Crippen LogP contribution in [-0.4, -0.2) is 87.4 Å². The lowest BCUT2D eigenvalue weighted by Gasteiger charge is -2.45. The number of rotatable bonds is 6. The highest BCUT2D eigenvalue weighted by atomic mass is 16.5. The van der Waals surface area contributed by atoms with Crippen LogP contribution in [0.2, 0.25) is 0 Å². The van der Waals surface area contributed by atoms with Crippen molar-refractivity contribution in [3.05, 3.63) is 0 Å². The molecule has 6 heteroatoms. The van der Waals surface area contributed by atoms with Crippen LogP contribution in [0.25, 0.3) is 0 Å². The normalized spacial score (nSPS) is 26.1. The fourth-order valence-electron chi connectivity index (χ4n) is 3.59. The zero-order valence-corrected chi connectivity index (χ0v) is 14.3. The molecule has 0 aliphatic carbocycles. The van der Waals surface area contributed by atoms with Crippen LogP contribution in [0.4, 0.5) is 0 Å². The zero-order chi connectivity index (χ0) is 16.0. The highest BCUT2D eigenvalue weighted by Crippen LogP contribution is 2.26. The molecule has 2 heterocycles. The van der Waals surface area contributed by atoms with Crippen molar-refractivity contribution in [3.63, 3.8) is 0 Å². The van der Waals surface area contributed by atoms with Crippen molar-refractivity contribution in [2.24, 2.45) is 0 Å². The largest absolute Gasteiger partial charge is 0.383 e. The molecule has 2 rings (SSSR count). The van der Waals surface area contributed by atoms with Crippen molar-refractivity contribution in [2.45, 2.75) is 37.8 Å². The predicted molar refractivity (Wildman–Crippen MR) is 86.0 cm³/mol. The lowest BCUT2D eigenvalue weighted by Crippen LogP contribution is -2.61. The Labute approximate surface area is 134 Å². The van der Waals surface area contributed by atoms with E-state index >= 15 is 0 Å². The smallest absolute Gasteiger partial charge is 0.255 e. The third kappa shape index (κ3) is 3.79. The van der Waals surface area contributed by atoms with Crippen LogP contribution in [0, 0.1) is 0 Å². The van der Waals surface area contributed by atoms with E-state index in [4.69, 9.17) is 9.47 Å². The van der Waals surface area contributed by atoms with E-state index in [1.807, 2.05) is 4.90 Å².